The maximum atomic E-state index is 13.3. The van der Waals surface area contributed by atoms with Crippen LogP contribution in [0, 0.1) is 0 Å². The van der Waals surface area contributed by atoms with E-state index in [1.165, 1.54) is 4.57 Å². The van der Waals surface area contributed by atoms with Crippen molar-refractivity contribution in [2.24, 2.45) is 7.05 Å². The van der Waals surface area contributed by atoms with Crippen LogP contribution >= 0.6 is 0 Å². The smallest absolute Gasteiger partial charge is 0.419 e. The Morgan fingerprint density at radius 2 is 1.85 bits per heavy atom. The van der Waals surface area contributed by atoms with Gasteiger partial charge in [0, 0.05) is 55.1 Å². The molecule has 0 radical (unpaired) electrons. The summed E-state index contributed by atoms with van der Waals surface area (Å²) >= 11 is 0. The van der Waals surface area contributed by atoms with Crippen LogP contribution in [0.25, 0.3) is 22.2 Å². The van der Waals surface area contributed by atoms with Crippen LogP contribution in [0.15, 0.2) is 48.9 Å². The van der Waals surface area contributed by atoms with E-state index in [1.807, 2.05) is 40.1 Å². The molecule has 11 heteroatoms. The van der Waals surface area contributed by atoms with Gasteiger partial charge in [0.25, 0.3) is 5.91 Å². The van der Waals surface area contributed by atoms with Crippen LogP contribution in [0.5, 0.6) is 5.75 Å². The second-order valence-electron chi connectivity index (χ2n) is 10.3. The van der Waals surface area contributed by atoms with Gasteiger partial charge in [-0.1, -0.05) is 0 Å². The number of methoxy groups -OCH3 is 1. The van der Waals surface area contributed by atoms with Gasteiger partial charge in [0.05, 0.1) is 43.4 Å². The fourth-order valence-electron chi connectivity index (χ4n) is 4.45. The lowest BCUT2D eigenvalue weighted by Crippen LogP contribution is -2.40. The lowest BCUT2D eigenvalue weighted by atomic mass is 10.1. The van der Waals surface area contributed by atoms with E-state index in [0.717, 1.165) is 10.9 Å². The zero-order valence-corrected chi connectivity index (χ0v) is 22.7. The average molecular weight is 533 g/mol. The Morgan fingerprint density at radius 1 is 1.08 bits per heavy atom. The number of carbonyl (C=O) groups is 2. The maximum absolute atomic E-state index is 13.3. The summed E-state index contributed by atoms with van der Waals surface area (Å²) < 4.78 is 19.9. The Hall–Kier alpha value is -4.38. The molecule has 4 heterocycles. The molecule has 0 saturated carbocycles. The van der Waals surface area contributed by atoms with E-state index in [-0.39, 0.29) is 5.91 Å². The molecule has 1 amide bonds. The van der Waals surface area contributed by atoms with Crippen LogP contribution in [0.1, 0.15) is 31.1 Å². The molecule has 11 nitrogen and oxygen atoms in total. The fraction of sp³-hybridized carbons (Fsp3) is 0.357. The Labute approximate surface area is 226 Å². The van der Waals surface area contributed by atoms with Gasteiger partial charge in [-0.15, -0.1) is 0 Å². The number of carbonyl (C=O) groups excluding carboxylic acids is 2. The number of nitrogens with zero attached hydrogens (tertiary/aromatic N) is 5. The molecule has 1 fully saturated rings. The summed E-state index contributed by atoms with van der Waals surface area (Å²) in [7, 11) is 3.37. The molecule has 1 aliphatic heterocycles. The van der Waals surface area contributed by atoms with Crippen molar-refractivity contribution < 1.29 is 23.8 Å². The number of aromatic nitrogens is 4. The molecule has 0 bridgehead atoms. The number of aryl methyl sites for hydroxylation is 1. The third-order valence-electron chi connectivity index (χ3n) is 6.27. The minimum Gasteiger partial charge on any atom is -0.495 e. The van der Waals surface area contributed by atoms with Gasteiger partial charge in [-0.3, -0.25) is 9.48 Å². The van der Waals surface area contributed by atoms with Crippen molar-refractivity contribution in [2.75, 3.05) is 38.7 Å². The van der Waals surface area contributed by atoms with E-state index >= 15 is 0 Å². The van der Waals surface area contributed by atoms with Crippen LogP contribution in [0.4, 0.5) is 16.3 Å². The molecular formula is C28H32N6O5. The number of anilines is 2. The minimum absolute atomic E-state index is 0.0687. The van der Waals surface area contributed by atoms with Gasteiger partial charge in [-0.05, 0) is 45.0 Å². The van der Waals surface area contributed by atoms with Crippen molar-refractivity contribution in [3.05, 3.63) is 54.5 Å². The Balaban J connectivity index is 1.49. The number of ether oxygens (including phenoxy) is 3. The van der Waals surface area contributed by atoms with Gasteiger partial charge in [-0.2, -0.15) is 5.10 Å². The number of benzene rings is 1. The summed E-state index contributed by atoms with van der Waals surface area (Å²) in [5.41, 5.74) is 2.53. The molecule has 0 atom stereocenters. The summed E-state index contributed by atoms with van der Waals surface area (Å²) in [6.45, 7) is 7.67. The van der Waals surface area contributed by atoms with Crippen LogP contribution in [-0.2, 0) is 16.5 Å². The van der Waals surface area contributed by atoms with E-state index in [0.29, 0.717) is 60.3 Å². The first-order valence-corrected chi connectivity index (χ1v) is 12.7. The fourth-order valence-corrected chi connectivity index (χ4v) is 4.45. The third-order valence-corrected chi connectivity index (χ3v) is 6.27. The number of nitrogens with one attached hydrogen (secondary N) is 1. The molecule has 0 unspecified atom stereocenters. The Morgan fingerprint density at radius 3 is 2.51 bits per heavy atom. The van der Waals surface area contributed by atoms with Gasteiger partial charge in [0.1, 0.15) is 17.2 Å². The molecule has 1 N–H and O–H groups in total. The van der Waals surface area contributed by atoms with E-state index in [9.17, 15) is 9.59 Å². The molecular weight excluding hydrogens is 500 g/mol. The Bertz CT molecular complexity index is 1530. The highest BCUT2D eigenvalue weighted by Gasteiger charge is 2.24. The first kappa shape index (κ1) is 26.2. The summed E-state index contributed by atoms with van der Waals surface area (Å²) in [4.78, 5) is 32.6. The van der Waals surface area contributed by atoms with Gasteiger partial charge in [0.2, 0.25) is 0 Å². The topological polar surface area (TPSA) is 113 Å². The predicted octanol–water partition coefficient (Wildman–Crippen LogP) is 4.44. The summed E-state index contributed by atoms with van der Waals surface area (Å²) in [6.07, 6.45) is 4.73. The second kappa shape index (κ2) is 10.4. The van der Waals surface area contributed by atoms with Gasteiger partial charge < -0.3 is 24.4 Å². The van der Waals surface area contributed by atoms with Crippen molar-refractivity contribution in [2.45, 2.75) is 26.4 Å². The monoisotopic (exact) mass is 532 g/mol. The molecule has 5 rings (SSSR count). The van der Waals surface area contributed by atoms with Crippen LogP contribution in [0.3, 0.4) is 0 Å². The molecule has 3 aromatic heterocycles. The van der Waals surface area contributed by atoms with Crippen molar-refractivity contribution in [1.29, 1.82) is 0 Å². The summed E-state index contributed by atoms with van der Waals surface area (Å²) in [5.74, 6) is 0.920. The first-order chi connectivity index (χ1) is 18.6. The number of morpholine rings is 1. The maximum Gasteiger partial charge on any atom is 0.419 e. The quantitative estimate of drug-likeness (QED) is 0.401. The minimum atomic E-state index is -0.679. The zero-order chi connectivity index (χ0) is 27.7. The average Bonchev–Trinajstić information content (AvgIpc) is 3.51. The molecule has 1 aliphatic rings. The van der Waals surface area contributed by atoms with Crippen molar-refractivity contribution in [3.63, 3.8) is 0 Å². The van der Waals surface area contributed by atoms with E-state index < -0.39 is 11.7 Å². The number of rotatable bonds is 5. The Kier molecular flexibility index (Phi) is 7.00. The summed E-state index contributed by atoms with van der Waals surface area (Å²) in [5, 5.41) is 8.29. The van der Waals surface area contributed by atoms with Gasteiger partial charge in [-0.25, -0.2) is 14.3 Å². The predicted molar refractivity (Wildman–Crippen MR) is 147 cm³/mol. The van der Waals surface area contributed by atoms with Crippen LogP contribution in [0.2, 0.25) is 0 Å². The molecule has 0 aliphatic carbocycles. The first-order valence-electron chi connectivity index (χ1n) is 12.7. The molecule has 4 aromatic rings. The van der Waals surface area contributed by atoms with Crippen LogP contribution < -0.4 is 10.1 Å². The summed E-state index contributed by atoms with van der Waals surface area (Å²) in [6, 6.07) is 8.92. The van der Waals surface area contributed by atoms with E-state index in [4.69, 9.17) is 14.2 Å². The molecule has 39 heavy (non-hydrogen) atoms. The number of fused-ring (bicyclic) bond motifs is 1. The highest BCUT2D eigenvalue weighted by atomic mass is 16.6. The number of hydrogen-bond donors (Lipinski definition) is 1. The molecule has 0 spiro atoms. The van der Waals surface area contributed by atoms with Crippen LogP contribution in [-0.4, -0.2) is 75.2 Å². The lowest BCUT2D eigenvalue weighted by molar-refractivity contribution is 0.0302. The van der Waals surface area contributed by atoms with Crippen molar-refractivity contribution in [3.8, 4) is 17.0 Å². The number of pyridine rings is 1. The van der Waals surface area contributed by atoms with Gasteiger partial charge >= 0.3 is 6.09 Å². The van der Waals surface area contributed by atoms with Gasteiger partial charge in [0.15, 0.2) is 0 Å². The van der Waals surface area contributed by atoms with Crippen molar-refractivity contribution in [1.82, 2.24) is 24.2 Å². The second-order valence-corrected chi connectivity index (χ2v) is 10.3. The third kappa shape index (κ3) is 5.58. The highest BCUT2D eigenvalue weighted by molar-refractivity contribution is 5.97. The van der Waals surface area contributed by atoms with Crippen molar-refractivity contribution >= 4 is 34.4 Å². The standard InChI is InChI=1S/C28H32N6O5/c1-28(2,3)39-27(36)34-22(20-16-30-32(4)17-20)12-19-15-29-25(14-23(19)34)31-21-7-6-18(13-24(21)37-5)26(35)33-8-10-38-11-9-33/h6-7,12-17H,8-11H2,1-5H3,(H,29,31). The highest BCUT2D eigenvalue weighted by Crippen LogP contribution is 2.33. The van der Waals surface area contributed by atoms with E-state index in [1.54, 1.807) is 53.4 Å². The lowest BCUT2D eigenvalue weighted by Gasteiger charge is -2.27. The largest absolute Gasteiger partial charge is 0.495 e. The zero-order valence-electron chi connectivity index (χ0n) is 22.7. The number of amides is 1. The molecule has 1 aromatic carbocycles. The normalized spacial score (nSPS) is 13.9. The SMILES string of the molecule is COc1cc(C(=O)N2CCOCC2)ccc1Nc1cc2c(cn1)cc(-c1cnn(C)c1)n2C(=O)OC(C)(C)C. The number of hydrogen-bond acceptors (Lipinski definition) is 8. The molecule has 1 saturated heterocycles. The molecule has 204 valence electrons. The van der Waals surface area contributed by atoms with E-state index in [2.05, 4.69) is 15.4 Å².